The third kappa shape index (κ3) is 11.5. The molecule has 10 N–H and O–H groups in total. The van der Waals surface area contributed by atoms with Crippen molar-refractivity contribution >= 4 is 35.5 Å². The van der Waals surface area contributed by atoms with Gasteiger partial charge in [-0.3, -0.25) is 24.0 Å². The highest BCUT2D eigenvalue weighted by Gasteiger charge is 2.39. The van der Waals surface area contributed by atoms with E-state index in [1.165, 1.54) is 4.90 Å². The Kier molecular flexibility index (Phi) is 16.0. The van der Waals surface area contributed by atoms with Gasteiger partial charge in [0.25, 0.3) is 0 Å². The van der Waals surface area contributed by atoms with Gasteiger partial charge in [-0.15, -0.1) is 0 Å². The van der Waals surface area contributed by atoms with Crippen molar-refractivity contribution in [3.05, 3.63) is 0 Å². The summed E-state index contributed by atoms with van der Waals surface area (Å²) in [7, 11) is 0. The number of carbonyl (C=O) groups is 6. The second-order valence-corrected chi connectivity index (χ2v) is 11.3. The van der Waals surface area contributed by atoms with Gasteiger partial charge in [-0.25, -0.2) is 4.79 Å². The topological polar surface area (TPSA) is 246 Å². The van der Waals surface area contributed by atoms with E-state index in [4.69, 9.17) is 11.5 Å². The summed E-state index contributed by atoms with van der Waals surface area (Å²) >= 11 is 0. The summed E-state index contributed by atoms with van der Waals surface area (Å²) in [6, 6.07) is -5.54. The van der Waals surface area contributed by atoms with Gasteiger partial charge in [0.05, 0.1) is 13.2 Å². The maximum absolute atomic E-state index is 13.4. The molecule has 5 atom stereocenters. The van der Waals surface area contributed by atoms with Crippen LogP contribution < -0.4 is 32.7 Å². The predicted molar refractivity (Wildman–Crippen MR) is 153 cm³/mol. The number of hydrogen-bond acceptors (Lipinski definition) is 9. The van der Waals surface area contributed by atoms with Crippen molar-refractivity contribution in [2.24, 2.45) is 23.3 Å². The molecule has 0 aromatic rings. The number of carbonyl (C=O) groups excluding carboxylic acids is 5. The number of nitrogens with one attached hydrogen (secondary N) is 4. The summed E-state index contributed by atoms with van der Waals surface area (Å²) in [6.07, 6.45) is 2.26. The fraction of sp³-hybridized carbons (Fsp3) is 0.778. The Morgan fingerprint density at radius 1 is 0.881 bits per heavy atom. The van der Waals surface area contributed by atoms with E-state index in [0.29, 0.717) is 25.8 Å². The second kappa shape index (κ2) is 18.3. The third-order valence-corrected chi connectivity index (χ3v) is 6.99. The number of aliphatic carboxylic acids is 1. The van der Waals surface area contributed by atoms with Crippen molar-refractivity contribution in [1.82, 2.24) is 26.2 Å². The lowest BCUT2D eigenvalue weighted by Gasteiger charge is -2.30. The van der Waals surface area contributed by atoms with E-state index < -0.39 is 72.3 Å². The van der Waals surface area contributed by atoms with Crippen molar-refractivity contribution in [3.8, 4) is 0 Å². The average molecular weight is 600 g/mol. The first kappa shape index (κ1) is 36.7. The Morgan fingerprint density at radius 3 is 2.05 bits per heavy atom. The van der Waals surface area contributed by atoms with Gasteiger partial charge in [0, 0.05) is 6.54 Å². The molecule has 1 fully saturated rings. The maximum Gasteiger partial charge on any atom is 0.326 e. The Balaban J connectivity index is 3.04. The summed E-state index contributed by atoms with van der Waals surface area (Å²) in [5, 5.41) is 29.6. The summed E-state index contributed by atoms with van der Waals surface area (Å²) in [5.41, 5.74) is 10.9. The molecule has 5 amide bonds. The van der Waals surface area contributed by atoms with Crippen LogP contribution in [0.15, 0.2) is 0 Å². The van der Waals surface area contributed by atoms with Crippen LogP contribution in [-0.2, 0) is 28.8 Å². The summed E-state index contributed by atoms with van der Waals surface area (Å²) in [6.45, 7) is 6.52. The summed E-state index contributed by atoms with van der Waals surface area (Å²) in [5.74, 6) is -4.72. The van der Waals surface area contributed by atoms with E-state index in [2.05, 4.69) is 21.3 Å². The third-order valence-electron chi connectivity index (χ3n) is 6.99. The molecule has 42 heavy (non-hydrogen) atoms. The lowest BCUT2D eigenvalue weighted by atomic mass is 10.0. The van der Waals surface area contributed by atoms with Crippen molar-refractivity contribution in [3.63, 3.8) is 0 Å². The molecule has 0 bridgehead atoms. The zero-order valence-corrected chi connectivity index (χ0v) is 25.1. The number of nitrogens with zero attached hydrogens (tertiary/aromatic N) is 1. The van der Waals surface area contributed by atoms with E-state index in [1.54, 1.807) is 13.8 Å². The first-order valence-electron chi connectivity index (χ1n) is 14.5. The van der Waals surface area contributed by atoms with Crippen LogP contribution in [0.25, 0.3) is 0 Å². The minimum atomic E-state index is -1.38. The van der Waals surface area contributed by atoms with Crippen molar-refractivity contribution in [1.29, 1.82) is 0 Å². The number of unbranched alkanes of at least 4 members (excludes halogenated alkanes) is 1. The standard InChI is InChI=1S/C27H49N7O8/c1-15(2)12-18(27(41)42)31-23(37)17(8-5-6-10-28)30-24(38)20-9-7-11-34(20)26(40)19(14-35)32-25(39)22(16(3)4)33-21(36)13-29/h15-20,22,35H,5-14,28-29H2,1-4H3,(H,30,38)(H,31,37)(H,32,39)(H,33,36)(H,41,42)/t17-,18-,19-,20-,22-/m0/s1. The smallest absolute Gasteiger partial charge is 0.326 e. The van der Waals surface area contributed by atoms with E-state index in [0.717, 1.165) is 0 Å². The van der Waals surface area contributed by atoms with Gasteiger partial charge in [0.1, 0.15) is 30.2 Å². The Labute approximate surface area is 246 Å². The number of rotatable bonds is 18. The van der Waals surface area contributed by atoms with Crippen LogP contribution in [0.1, 0.15) is 66.2 Å². The molecule has 1 rings (SSSR count). The molecular formula is C27H49N7O8. The minimum absolute atomic E-state index is 0.00227. The molecule has 0 unspecified atom stereocenters. The minimum Gasteiger partial charge on any atom is -0.480 e. The van der Waals surface area contributed by atoms with Crippen LogP contribution in [0.2, 0.25) is 0 Å². The predicted octanol–water partition coefficient (Wildman–Crippen LogP) is -2.22. The monoisotopic (exact) mass is 599 g/mol. The maximum atomic E-state index is 13.4. The fourth-order valence-corrected chi connectivity index (χ4v) is 4.71. The molecule has 1 aliphatic heterocycles. The van der Waals surface area contributed by atoms with E-state index in [-0.39, 0.29) is 44.2 Å². The van der Waals surface area contributed by atoms with Gasteiger partial charge < -0.3 is 47.8 Å². The van der Waals surface area contributed by atoms with Gasteiger partial charge >= 0.3 is 5.97 Å². The molecule has 0 aromatic carbocycles. The number of likely N-dealkylation sites (tertiary alicyclic amines) is 1. The zero-order valence-electron chi connectivity index (χ0n) is 25.1. The molecule has 0 aliphatic carbocycles. The van der Waals surface area contributed by atoms with Crippen LogP contribution in [0.5, 0.6) is 0 Å². The van der Waals surface area contributed by atoms with E-state index in [1.807, 2.05) is 13.8 Å². The lowest BCUT2D eigenvalue weighted by molar-refractivity contribution is -0.144. The first-order valence-corrected chi connectivity index (χ1v) is 14.5. The highest BCUT2D eigenvalue weighted by atomic mass is 16.4. The molecule has 1 heterocycles. The van der Waals surface area contributed by atoms with Crippen LogP contribution in [0, 0.1) is 11.8 Å². The van der Waals surface area contributed by atoms with Crippen LogP contribution >= 0.6 is 0 Å². The zero-order chi connectivity index (χ0) is 32.0. The van der Waals surface area contributed by atoms with Gasteiger partial charge in [0.2, 0.25) is 29.5 Å². The second-order valence-electron chi connectivity index (χ2n) is 11.3. The highest BCUT2D eigenvalue weighted by Crippen LogP contribution is 2.20. The molecule has 1 aliphatic rings. The van der Waals surface area contributed by atoms with Gasteiger partial charge in [-0.2, -0.15) is 0 Å². The van der Waals surface area contributed by atoms with E-state index >= 15 is 0 Å². The summed E-state index contributed by atoms with van der Waals surface area (Å²) < 4.78 is 0. The van der Waals surface area contributed by atoms with Gasteiger partial charge in [0.15, 0.2) is 0 Å². The van der Waals surface area contributed by atoms with Crippen molar-refractivity contribution in [2.75, 3.05) is 26.2 Å². The average Bonchev–Trinajstić information content (AvgIpc) is 3.42. The largest absolute Gasteiger partial charge is 0.480 e. The molecule has 240 valence electrons. The highest BCUT2D eigenvalue weighted by molar-refractivity contribution is 5.96. The Bertz CT molecular complexity index is 945. The molecule has 0 radical (unpaired) electrons. The van der Waals surface area contributed by atoms with Crippen LogP contribution in [-0.4, -0.2) is 107 Å². The lowest BCUT2D eigenvalue weighted by Crippen LogP contribution is -2.60. The van der Waals surface area contributed by atoms with Crippen LogP contribution in [0.4, 0.5) is 0 Å². The molecule has 15 heteroatoms. The van der Waals surface area contributed by atoms with Crippen molar-refractivity contribution in [2.45, 2.75) is 96.4 Å². The fourth-order valence-electron chi connectivity index (χ4n) is 4.71. The Morgan fingerprint density at radius 2 is 1.52 bits per heavy atom. The Hall–Kier alpha value is -3.30. The van der Waals surface area contributed by atoms with E-state index in [9.17, 15) is 39.0 Å². The van der Waals surface area contributed by atoms with Crippen molar-refractivity contribution < 1.29 is 39.0 Å². The van der Waals surface area contributed by atoms with Crippen LogP contribution in [0.3, 0.4) is 0 Å². The summed E-state index contributed by atoms with van der Waals surface area (Å²) in [4.78, 5) is 77.3. The normalized spacial score (nSPS) is 17.7. The molecule has 15 nitrogen and oxygen atoms in total. The van der Waals surface area contributed by atoms with Gasteiger partial charge in [-0.1, -0.05) is 27.7 Å². The first-order chi connectivity index (χ1) is 19.8. The van der Waals surface area contributed by atoms with Gasteiger partial charge in [-0.05, 0) is 56.9 Å². The number of hydrogen-bond donors (Lipinski definition) is 8. The molecule has 0 saturated carbocycles. The molecule has 0 aromatic heterocycles. The quantitative estimate of drug-likeness (QED) is 0.0789. The number of aliphatic hydroxyl groups is 1. The molecule has 0 spiro atoms. The number of carboxylic acid groups (broad SMARTS) is 1. The number of amides is 5. The number of aliphatic hydroxyl groups excluding tert-OH is 1. The molecule has 1 saturated heterocycles. The SMILES string of the molecule is CC(C)C[C@H](NC(=O)[C@H](CCCCN)NC(=O)[C@@H]1CCCN1C(=O)[C@H](CO)NC(=O)[C@@H](NC(=O)CN)C(C)C)C(=O)O. The molecular weight excluding hydrogens is 550 g/mol. The number of carboxylic acids is 1. The number of nitrogens with two attached hydrogens (primary N) is 2.